The highest BCUT2D eigenvalue weighted by atomic mass is 32.2. The zero-order chi connectivity index (χ0) is 32.4. The van der Waals surface area contributed by atoms with Crippen LogP contribution >= 0.6 is 0 Å². The number of sulfonamides is 1. The Morgan fingerprint density at radius 1 is 0.844 bits per heavy atom. The maximum Gasteiger partial charge on any atom is 0.264 e. The van der Waals surface area contributed by atoms with Crippen molar-refractivity contribution in [1.82, 2.24) is 10.2 Å². The Balaban J connectivity index is 1.82. The number of anilines is 1. The average Bonchev–Trinajstić information content (AvgIpc) is 3.03. The molecular formula is C35H38FN3O5S. The SMILES string of the molecule is CCNC(=O)[C@H](Cc1ccccc1)N(Cc1ccc(F)cc1)C(=O)CN(c1ccccc1OCC)S(=O)(=O)c1ccc(C)cc1. The normalized spacial score (nSPS) is 11.8. The molecule has 4 aromatic rings. The summed E-state index contributed by atoms with van der Waals surface area (Å²) < 4.78 is 49.1. The van der Waals surface area contributed by atoms with E-state index in [1.807, 2.05) is 37.3 Å². The fourth-order valence-corrected chi connectivity index (χ4v) is 6.35. The van der Waals surface area contributed by atoms with E-state index in [-0.39, 0.29) is 41.8 Å². The van der Waals surface area contributed by atoms with Crippen LogP contribution in [-0.2, 0) is 32.6 Å². The van der Waals surface area contributed by atoms with E-state index >= 15 is 0 Å². The highest BCUT2D eigenvalue weighted by Gasteiger charge is 2.35. The van der Waals surface area contributed by atoms with E-state index in [0.717, 1.165) is 15.4 Å². The van der Waals surface area contributed by atoms with E-state index in [9.17, 15) is 22.4 Å². The third-order valence-corrected chi connectivity index (χ3v) is 8.98. The molecule has 0 saturated carbocycles. The minimum absolute atomic E-state index is 0.00171. The molecule has 0 heterocycles. The minimum Gasteiger partial charge on any atom is -0.492 e. The van der Waals surface area contributed by atoms with Gasteiger partial charge in [-0.1, -0.05) is 72.3 Å². The van der Waals surface area contributed by atoms with Gasteiger partial charge < -0.3 is 15.0 Å². The van der Waals surface area contributed by atoms with Crippen molar-refractivity contribution in [2.45, 2.75) is 44.7 Å². The molecule has 0 saturated heterocycles. The van der Waals surface area contributed by atoms with Gasteiger partial charge in [0.05, 0.1) is 17.2 Å². The molecule has 0 aliphatic carbocycles. The van der Waals surface area contributed by atoms with Gasteiger partial charge >= 0.3 is 0 Å². The van der Waals surface area contributed by atoms with Gasteiger partial charge in [0.1, 0.15) is 24.2 Å². The lowest BCUT2D eigenvalue weighted by atomic mass is 10.0. The smallest absolute Gasteiger partial charge is 0.264 e. The summed E-state index contributed by atoms with van der Waals surface area (Å²) in [6, 6.07) is 26.9. The van der Waals surface area contributed by atoms with Crippen LogP contribution in [0.2, 0.25) is 0 Å². The molecule has 4 rings (SSSR count). The summed E-state index contributed by atoms with van der Waals surface area (Å²) in [6.07, 6.45) is 0.180. The number of para-hydroxylation sites is 2. The summed E-state index contributed by atoms with van der Waals surface area (Å²) >= 11 is 0. The van der Waals surface area contributed by atoms with E-state index in [4.69, 9.17) is 4.74 Å². The number of carbonyl (C=O) groups is 2. The van der Waals surface area contributed by atoms with Gasteiger partial charge in [0.15, 0.2) is 0 Å². The molecule has 0 aliphatic rings. The number of ether oxygens (including phenoxy) is 1. The second kappa shape index (κ2) is 15.3. The van der Waals surface area contributed by atoms with Crippen LogP contribution < -0.4 is 14.4 Å². The molecule has 0 aliphatic heterocycles. The molecule has 0 unspecified atom stereocenters. The first-order chi connectivity index (χ1) is 21.6. The molecule has 2 amide bonds. The number of amides is 2. The number of likely N-dealkylation sites (N-methyl/N-ethyl adjacent to an activating group) is 1. The highest BCUT2D eigenvalue weighted by molar-refractivity contribution is 7.92. The largest absolute Gasteiger partial charge is 0.492 e. The van der Waals surface area contributed by atoms with Crippen molar-refractivity contribution in [3.05, 3.63) is 126 Å². The van der Waals surface area contributed by atoms with Gasteiger partial charge in [-0.25, -0.2) is 12.8 Å². The fourth-order valence-electron chi connectivity index (χ4n) is 4.92. The Hall–Kier alpha value is -4.70. The Morgan fingerprint density at radius 2 is 1.49 bits per heavy atom. The first-order valence-corrected chi connectivity index (χ1v) is 16.2. The van der Waals surface area contributed by atoms with Crippen LogP contribution in [0.25, 0.3) is 0 Å². The predicted molar refractivity (Wildman–Crippen MR) is 173 cm³/mol. The molecule has 0 bridgehead atoms. The third-order valence-electron chi connectivity index (χ3n) is 7.21. The molecule has 0 aromatic heterocycles. The van der Waals surface area contributed by atoms with Crippen molar-refractivity contribution in [2.75, 3.05) is 24.0 Å². The molecule has 0 spiro atoms. The molecule has 45 heavy (non-hydrogen) atoms. The molecule has 10 heteroatoms. The minimum atomic E-state index is -4.28. The summed E-state index contributed by atoms with van der Waals surface area (Å²) in [5.74, 6) is -1.16. The number of hydrogen-bond donors (Lipinski definition) is 1. The van der Waals surface area contributed by atoms with Crippen molar-refractivity contribution in [1.29, 1.82) is 0 Å². The number of carbonyl (C=O) groups excluding carboxylic acids is 2. The highest BCUT2D eigenvalue weighted by Crippen LogP contribution is 2.33. The molecule has 8 nitrogen and oxygen atoms in total. The Morgan fingerprint density at radius 3 is 2.13 bits per heavy atom. The number of halogens is 1. The number of nitrogens with zero attached hydrogens (tertiary/aromatic N) is 2. The summed E-state index contributed by atoms with van der Waals surface area (Å²) in [6.45, 7) is 5.35. The van der Waals surface area contributed by atoms with E-state index in [0.29, 0.717) is 12.1 Å². The summed E-state index contributed by atoms with van der Waals surface area (Å²) in [5.41, 5.74) is 2.46. The van der Waals surface area contributed by atoms with Crippen LogP contribution in [0.4, 0.5) is 10.1 Å². The van der Waals surface area contributed by atoms with Crippen LogP contribution in [0.5, 0.6) is 5.75 Å². The first-order valence-electron chi connectivity index (χ1n) is 14.8. The van der Waals surface area contributed by atoms with Crippen molar-refractivity contribution in [3.63, 3.8) is 0 Å². The standard InChI is InChI=1S/C35H38FN3O5S/c1-4-37-35(41)32(23-27-11-7-6-8-12-27)38(24-28-17-19-29(36)20-18-28)34(40)25-39(31-13-9-10-14-33(31)44-5-2)45(42,43)30-21-15-26(3)16-22-30/h6-22,32H,4-5,23-25H2,1-3H3,(H,37,41)/t32-/m0/s1. The van der Waals surface area contributed by atoms with Gasteiger partial charge in [0.2, 0.25) is 11.8 Å². The Bertz CT molecular complexity index is 1680. The van der Waals surface area contributed by atoms with Crippen LogP contribution in [0.1, 0.15) is 30.5 Å². The molecular weight excluding hydrogens is 593 g/mol. The van der Waals surface area contributed by atoms with E-state index in [2.05, 4.69) is 5.32 Å². The van der Waals surface area contributed by atoms with Crippen molar-refractivity contribution >= 4 is 27.5 Å². The van der Waals surface area contributed by atoms with Crippen LogP contribution in [0.3, 0.4) is 0 Å². The molecule has 4 aromatic carbocycles. The van der Waals surface area contributed by atoms with Crippen molar-refractivity contribution < 1.29 is 27.1 Å². The lowest BCUT2D eigenvalue weighted by molar-refractivity contribution is -0.140. The maximum atomic E-state index is 14.5. The van der Waals surface area contributed by atoms with Gasteiger partial charge in [0.25, 0.3) is 10.0 Å². The zero-order valence-corrected chi connectivity index (χ0v) is 26.5. The Labute approximate surface area is 264 Å². The van der Waals surface area contributed by atoms with E-state index < -0.39 is 34.3 Å². The molecule has 1 N–H and O–H groups in total. The van der Waals surface area contributed by atoms with Crippen LogP contribution in [0, 0.1) is 12.7 Å². The van der Waals surface area contributed by atoms with Gasteiger partial charge in [-0.15, -0.1) is 0 Å². The number of nitrogens with one attached hydrogen (secondary N) is 1. The summed E-state index contributed by atoms with van der Waals surface area (Å²) in [7, 11) is -4.28. The molecule has 1 atom stereocenters. The number of benzene rings is 4. The van der Waals surface area contributed by atoms with Crippen LogP contribution in [0.15, 0.2) is 108 Å². The van der Waals surface area contributed by atoms with Crippen LogP contribution in [-0.4, -0.2) is 50.9 Å². The number of hydrogen-bond acceptors (Lipinski definition) is 5. The van der Waals surface area contributed by atoms with Gasteiger partial charge in [-0.2, -0.15) is 0 Å². The lowest BCUT2D eigenvalue weighted by Gasteiger charge is -2.34. The molecule has 0 radical (unpaired) electrons. The third kappa shape index (κ3) is 8.48. The first kappa shape index (κ1) is 33.2. The monoisotopic (exact) mass is 631 g/mol. The fraction of sp³-hybridized carbons (Fsp3) is 0.257. The van der Waals surface area contributed by atoms with Gasteiger partial charge in [-0.3, -0.25) is 13.9 Å². The zero-order valence-electron chi connectivity index (χ0n) is 25.6. The van der Waals surface area contributed by atoms with Crippen molar-refractivity contribution in [2.24, 2.45) is 0 Å². The van der Waals surface area contributed by atoms with Gasteiger partial charge in [0, 0.05) is 19.5 Å². The van der Waals surface area contributed by atoms with E-state index in [1.165, 1.54) is 41.3 Å². The maximum absolute atomic E-state index is 14.5. The summed E-state index contributed by atoms with van der Waals surface area (Å²) in [4.78, 5) is 29.4. The summed E-state index contributed by atoms with van der Waals surface area (Å²) in [5, 5.41) is 2.82. The number of aryl methyl sites for hydroxylation is 1. The molecule has 0 fully saturated rings. The van der Waals surface area contributed by atoms with Crippen molar-refractivity contribution in [3.8, 4) is 5.75 Å². The predicted octanol–water partition coefficient (Wildman–Crippen LogP) is 5.50. The number of rotatable bonds is 14. The second-order valence-corrected chi connectivity index (χ2v) is 12.3. The average molecular weight is 632 g/mol. The van der Waals surface area contributed by atoms with E-state index in [1.54, 1.807) is 50.2 Å². The molecule has 236 valence electrons. The topological polar surface area (TPSA) is 96.0 Å². The Kier molecular flexibility index (Phi) is 11.3. The quantitative estimate of drug-likeness (QED) is 0.198. The lowest BCUT2D eigenvalue weighted by Crippen LogP contribution is -2.53. The van der Waals surface area contributed by atoms with Gasteiger partial charge in [-0.05, 0) is 68.3 Å². The second-order valence-electron chi connectivity index (χ2n) is 10.5.